The third-order valence-electron chi connectivity index (χ3n) is 6.24. The summed E-state index contributed by atoms with van der Waals surface area (Å²) in [4.78, 5) is 22.6. The highest BCUT2D eigenvalue weighted by Crippen LogP contribution is 2.35. The Morgan fingerprint density at radius 2 is 1.75 bits per heavy atom. The van der Waals surface area contributed by atoms with Crippen LogP contribution < -0.4 is 5.56 Å². The second kappa shape index (κ2) is 7.47. The lowest BCUT2D eigenvalue weighted by atomic mass is 10.1. The van der Waals surface area contributed by atoms with Crippen LogP contribution in [-0.4, -0.2) is 42.5 Å². The molecule has 0 spiro atoms. The van der Waals surface area contributed by atoms with Gasteiger partial charge in [0.25, 0.3) is 5.56 Å². The van der Waals surface area contributed by atoms with E-state index in [9.17, 15) is 4.79 Å². The van der Waals surface area contributed by atoms with Gasteiger partial charge in [-0.05, 0) is 44.4 Å². The van der Waals surface area contributed by atoms with E-state index in [0.717, 1.165) is 62.0 Å². The SMILES string of the molecule is O=c1c2ccccc2nc(C2CCCN2CCn2nccn2)n1C1CCCC1. The lowest BCUT2D eigenvalue weighted by Crippen LogP contribution is -2.35. The molecule has 3 aromatic rings. The zero-order valence-corrected chi connectivity index (χ0v) is 16.1. The van der Waals surface area contributed by atoms with E-state index in [1.165, 1.54) is 12.8 Å². The van der Waals surface area contributed by atoms with Crippen molar-refractivity contribution in [2.24, 2.45) is 0 Å². The summed E-state index contributed by atoms with van der Waals surface area (Å²) < 4.78 is 2.05. The fraction of sp³-hybridized carbons (Fsp3) is 0.524. The normalized spacial score (nSPS) is 21.1. The third kappa shape index (κ3) is 3.13. The first-order chi connectivity index (χ1) is 13.8. The number of benzene rings is 1. The number of nitrogens with zero attached hydrogens (tertiary/aromatic N) is 6. The average molecular weight is 378 g/mol. The highest BCUT2D eigenvalue weighted by Gasteiger charge is 2.32. The van der Waals surface area contributed by atoms with E-state index >= 15 is 0 Å². The van der Waals surface area contributed by atoms with Crippen molar-refractivity contribution in [3.63, 3.8) is 0 Å². The minimum atomic E-state index is 0.132. The number of rotatable bonds is 5. The van der Waals surface area contributed by atoms with Crippen LogP contribution in [0.25, 0.3) is 10.9 Å². The Bertz CT molecular complexity index is 1010. The molecule has 0 bridgehead atoms. The maximum absolute atomic E-state index is 13.4. The van der Waals surface area contributed by atoms with Gasteiger partial charge < -0.3 is 0 Å². The number of hydrogen-bond donors (Lipinski definition) is 0. The Hall–Kier alpha value is -2.54. The molecule has 1 aliphatic carbocycles. The van der Waals surface area contributed by atoms with Crippen molar-refractivity contribution in [1.29, 1.82) is 0 Å². The quantitative estimate of drug-likeness (QED) is 0.683. The summed E-state index contributed by atoms with van der Waals surface area (Å²) in [5, 5.41) is 9.18. The Labute approximate surface area is 164 Å². The summed E-state index contributed by atoms with van der Waals surface area (Å²) in [7, 11) is 0. The van der Waals surface area contributed by atoms with Crippen LogP contribution in [0.2, 0.25) is 0 Å². The molecule has 2 fully saturated rings. The summed E-state index contributed by atoms with van der Waals surface area (Å²) in [5.74, 6) is 0.960. The maximum atomic E-state index is 13.4. The van der Waals surface area contributed by atoms with Crippen LogP contribution in [0, 0.1) is 0 Å². The van der Waals surface area contributed by atoms with Crippen LogP contribution >= 0.6 is 0 Å². The van der Waals surface area contributed by atoms with Gasteiger partial charge >= 0.3 is 0 Å². The number of hydrogen-bond acceptors (Lipinski definition) is 5. The van der Waals surface area contributed by atoms with Crippen LogP contribution in [0.4, 0.5) is 0 Å². The first-order valence-electron chi connectivity index (χ1n) is 10.4. The zero-order valence-electron chi connectivity index (χ0n) is 16.1. The number of aromatic nitrogens is 5. The van der Waals surface area contributed by atoms with E-state index in [-0.39, 0.29) is 17.6 Å². The summed E-state index contributed by atoms with van der Waals surface area (Å²) in [6.07, 6.45) is 10.2. The van der Waals surface area contributed by atoms with E-state index in [4.69, 9.17) is 4.98 Å². The highest BCUT2D eigenvalue weighted by molar-refractivity contribution is 5.77. The maximum Gasteiger partial charge on any atom is 0.261 e. The fourth-order valence-corrected chi connectivity index (χ4v) is 4.88. The first-order valence-corrected chi connectivity index (χ1v) is 10.4. The number of fused-ring (bicyclic) bond motifs is 1. The first kappa shape index (κ1) is 17.6. The average Bonchev–Trinajstić information content (AvgIpc) is 3.48. The second-order valence-electron chi connectivity index (χ2n) is 7.92. The molecule has 28 heavy (non-hydrogen) atoms. The van der Waals surface area contributed by atoms with Crippen molar-refractivity contribution >= 4 is 10.9 Å². The van der Waals surface area contributed by atoms with Crippen molar-refractivity contribution < 1.29 is 0 Å². The van der Waals surface area contributed by atoms with E-state index in [1.807, 2.05) is 28.8 Å². The number of likely N-dealkylation sites (tertiary alicyclic amines) is 1. The fourth-order valence-electron chi connectivity index (χ4n) is 4.88. The van der Waals surface area contributed by atoms with Crippen molar-refractivity contribution in [2.75, 3.05) is 13.1 Å². The lowest BCUT2D eigenvalue weighted by molar-refractivity contribution is 0.221. The molecular formula is C21H26N6O. The van der Waals surface area contributed by atoms with Crippen LogP contribution in [0.15, 0.2) is 41.5 Å². The molecule has 7 heteroatoms. The molecule has 146 valence electrons. The zero-order chi connectivity index (χ0) is 18.9. The molecule has 1 unspecified atom stereocenters. The Kier molecular flexibility index (Phi) is 4.68. The molecule has 5 rings (SSSR count). The summed E-state index contributed by atoms with van der Waals surface area (Å²) in [6, 6.07) is 8.25. The molecule has 1 atom stereocenters. The van der Waals surface area contributed by atoms with Crippen molar-refractivity contribution in [1.82, 2.24) is 29.4 Å². The monoisotopic (exact) mass is 378 g/mol. The van der Waals surface area contributed by atoms with E-state index in [0.29, 0.717) is 0 Å². The van der Waals surface area contributed by atoms with Gasteiger partial charge in [0.1, 0.15) is 5.82 Å². The molecule has 1 aromatic carbocycles. The molecule has 0 N–H and O–H groups in total. The van der Waals surface area contributed by atoms with Crippen LogP contribution in [0.3, 0.4) is 0 Å². The van der Waals surface area contributed by atoms with Crippen molar-refractivity contribution in [3.8, 4) is 0 Å². The molecule has 3 heterocycles. The van der Waals surface area contributed by atoms with Crippen molar-refractivity contribution in [2.45, 2.75) is 57.2 Å². The van der Waals surface area contributed by atoms with Gasteiger partial charge in [0.15, 0.2) is 0 Å². The van der Waals surface area contributed by atoms with Gasteiger partial charge in [0.05, 0.1) is 35.9 Å². The molecule has 2 aliphatic rings. The molecule has 1 aliphatic heterocycles. The van der Waals surface area contributed by atoms with Gasteiger partial charge in [0, 0.05) is 12.6 Å². The molecule has 0 radical (unpaired) electrons. The molecular weight excluding hydrogens is 352 g/mol. The summed E-state index contributed by atoms with van der Waals surface area (Å²) in [5.41, 5.74) is 0.949. The second-order valence-corrected chi connectivity index (χ2v) is 7.92. The molecule has 1 saturated carbocycles. The lowest BCUT2D eigenvalue weighted by Gasteiger charge is -2.28. The van der Waals surface area contributed by atoms with Crippen LogP contribution in [0.1, 0.15) is 56.4 Å². The van der Waals surface area contributed by atoms with Gasteiger partial charge in [-0.2, -0.15) is 15.0 Å². The standard InChI is InChI=1S/C21H26N6O/c28-21-17-8-3-4-9-18(17)24-20(27(21)16-6-1-2-7-16)19-10-5-13-25(19)14-15-26-22-11-12-23-26/h3-4,8-9,11-12,16,19H,1-2,5-7,10,13-15H2. The third-order valence-corrected chi connectivity index (χ3v) is 6.24. The topological polar surface area (TPSA) is 68.8 Å². The number of para-hydroxylation sites is 1. The molecule has 7 nitrogen and oxygen atoms in total. The van der Waals surface area contributed by atoms with Gasteiger partial charge in [-0.25, -0.2) is 4.98 Å². The van der Waals surface area contributed by atoms with E-state index in [1.54, 1.807) is 17.2 Å². The summed E-state index contributed by atoms with van der Waals surface area (Å²) >= 11 is 0. The summed E-state index contributed by atoms with van der Waals surface area (Å²) in [6.45, 7) is 2.65. The van der Waals surface area contributed by atoms with Gasteiger partial charge in [0.2, 0.25) is 0 Å². The van der Waals surface area contributed by atoms with Gasteiger partial charge in [-0.15, -0.1) is 0 Å². The molecule has 0 amide bonds. The predicted molar refractivity (Wildman–Crippen MR) is 107 cm³/mol. The minimum Gasteiger partial charge on any atom is -0.292 e. The largest absolute Gasteiger partial charge is 0.292 e. The van der Waals surface area contributed by atoms with E-state index in [2.05, 4.69) is 15.1 Å². The van der Waals surface area contributed by atoms with Gasteiger partial charge in [-0.1, -0.05) is 25.0 Å². The van der Waals surface area contributed by atoms with Crippen LogP contribution in [0.5, 0.6) is 0 Å². The van der Waals surface area contributed by atoms with Gasteiger partial charge in [-0.3, -0.25) is 14.3 Å². The smallest absolute Gasteiger partial charge is 0.261 e. The minimum absolute atomic E-state index is 0.132. The molecule has 2 aromatic heterocycles. The molecule has 1 saturated heterocycles. The van der Waals surface area contributed by atoms with Crippen molar-refractivity contribution in [3.05, 3.63) is 52.8 Å². The van der Waals surface area contributed by atoms with Crippen LogP contribution in [-0.2, 0) is 6.54 Å². The van der Waals surface area contributed by atoms with E-state index < -0.39 is 0 Å². The predicted octanol–water partition coefficient (Wildman–Crippen LogP) is 2.94. The Morgan fingerprint density at radius 3 is 2.57 bits per heavy atom. The highest BCUT2D eigenvalue weighted by atomic mass is 16.1. The Balaban J connectivity index is 1.54. The Morgan fingerprint density at radius 1 is 0.964 bits per heavy atom.